The second-order valence-corrected chi connectivity index (χ2v) is 4.82. The average Bonchev–Trinajstić information content (AvgIpc) is 2.33. The maximum Gasteiger partial charge on any atom is 0.129 e. The molecule has 1 N–H and O–H groups in total. The molecule has 1 unspecified atom stereocenters. The minimum absolute atomic E-state index is 0.249. The van der Waals surface area contributed by atoms with E-state index in [9.17, 15) is 4.39 Å². The number of halogens is 3. The zero-order valence-electron chi connectivity index (χ0n) is 9.75. The van der Waals surface area contributed by atoms with Crippen molar-refractivity contribution >= 4 is 23.2 Å². The van der Waals surface area contributed by atoms with Crippen LogP contribution in [-0.4, -0.2) is 7.05 Å². The Balaban J connectivity index is 2.45. The molecule has 0 aromatic heterocycles. The van der Waals surface area contributed by atoms with Gasteiger partial charge in [0, 0.05) is 15.6 Å². The molecular weight excluding hydrogens is 272 g/mol. The molecule has 0 radical (unpaired) electrons. The van der Waals surface area contributed by atoms with E-state index in [4.69, 9.17) is 23.2 Å². The number of hydrogen-bond acceptors (Lipinski definition) is 1. The zero-order chi connectivity index (χ0) is 13.1. The number of benzene rings is 2. The normalized spacial score (nSPS) is 12.4. The molecule has 1 atom stereocenters. The molecule has 18 heavy (non-hydrogen) atoms. The van der Waals surface area contributed by atoms with E-state index in [1.165, 1.54) is 6.07 Å². The lowest BCUT2D eigenvalue weighted by Crippen LogP contribution is -2.18. The largest absolute Gasteiger partial charge is 0.309 e. The minimum atomic E-state index is -0.332. The lowest BCUT2D eigenvalue weighted by Gasteiger charge is -2.18. The number of hydrogen-bond donors (Lipinski definition) is 1. The number of rotatable bonds is 3. The van der Waals surface area contributed by atoms with Crippen LogP contribution in [0.5, 0.6) is 0 Å². The van der Waals surface area contributed by atoms with Crippen LogP contribution >= 0.6 is 23.2 Å². The van der Waals surface area contributed by atoms with E-state index < -0.39 is 0 Å². The molecule has 0 spiro atoms. The van der Waals surface area contributed by atoms with Crippen LogP contribution in [0.25, 0.3) is 0 Å². The van der Waals surface area contributed by atoms with E-state index in [1.54, 1.807) is 25.2 Å². The molecule has 0 aliphatic rings. The molecule has 0 aliphatic heterocycles. The van der Waals surface area contributed by atoms with Gasteiger partial charge in [0.2, 0.25) is 0 Å². The highest BCUT2D eigenvalue weighted by Gasteiger charge is 2.16. The van der Waals surface area contributed by atoms with Crippen molar-refractivity contribution in [2.45, 2.75) is 6.04 Å². The van der Waals surface area contributed by atoms with Crippen LogP contribution < -0.4 is 5.32 Å². The summed E-state index contributed by atoms with van der Waals surface area (Å²) in [5, 5.41) is 4.09. The quantitative estimate of drug-likeness (QED) is 0.878. The lowest BCUT2D eigenvalue weighted by atomic mass is 9.98. The third kappa shape index (κ3) is 2.83. The average molecular weight is 284 g/mol. The summed E-state index contributed by atoms with van der Waals surface area (Å²) in [5.41, 5.74) is 1.45. The van der Waals surface area contributed by atoms with Crippen LogP contribution in [0.3, 0.4) is 0 Å². The van der Waals surface area contributed by atoms with Gasteiger partial charge in [0.15, 0.2) is 0 Å². The highest BCUT2D eigenvalue weighted by atomic mass is 35.5. The van der Waals surface area contributed by atoms with Crippen LogP contribution in [0.4, 0.5) is 4.39 Å². The molecule has 0 heterocycles. The summed E-state index contributed by atoms with van der Waals surface area (Å²) in [7, 11) is 1.78. The van der Waals surface area contributed by atoms with Gasteiger partial charge >= 0.3 is 0 Å². The fourth-order valence-electron chi connectivity index (χ4n) is 1.92. The maximum absolute atomic E-state index is 13.9. The summed E-state index contributed by atoms with van der Waals surface area (Å²) in [4.78, 5) is 0. The summed E-state index contributed by atoms with van der Waals surface area (Å²) in [6, 6.07) is 11.8. The van der Waals surface area contributed by atoms with Crippen molar-refractivity contribution in [3.63, 3.8) is 0 Å². The lowest BCUT2D eigenvalue weighted by molar-refractivity contribution is 0.576. The van der Waals surface area contributed by atoms with E-state index in [1.807, 2.05) is 18.2 Å². The Hall–Kier alpha value is -1.09. The van der Waals surface area contributed by atoms with Gasteiger partial charge < -0.3 is 5.32 Å². The van der Waals surface area contributed by atoms with Crippen molar-refractivity contribution in [1.82, 2.24) is 5.32 Å². The van der Waals surface area contributed by atoms with Crippen molar-refractivity contribution in [3.05, 3.63) is 69.5 Å². The van der Waals surface area contributed by atoms with Gasteiger partial charge in [-0.3, -0.25) is 0 Å². The van der Waals surface area contributed by atoms with Crippen LogP contribution in [0.2, 0.25) is 10.0 Å². The van der Waals surface area contributed by atoms with Crippen molar-refractivity contribution in [2.75, 3.05) is 7.05 Å². The summed E-state index contributed by atoms with van der Waals surface area (Å²) >= 11 is 11.7. The van der Waals surface area contributed by atoms with Gasteiger partial charge in [-0.2, -0.15) is 0 Å². The summed E-state index contributed by atoms with van der Waals surface area (Å²) < 4.78 is 13.9. The Morgan fingerprint density at radius 1 is 1.06 bits per heavy atom. The first kappa shape index (κ1) is 13.3. The molecular formula is C14H12Cl2FN. The van der Waals surface area contributed by atoms with Crippen molar-refractivity contribution in [2.24, 2.45) is 0 Å². The van der Waals surface area contributed by atoms with Gasteiger partial charge in [0.1, 0.15) is 5.82 Å². The van der Waals surface area contributed by atoms with Crippen molar-refractivity contribution in [1.29, 1.82) is 0 Å². The fraction of sp³-hybridized carbons (Fsp3) is 0.143. The predicted octanol–water partition coefficient (Wildman–Crippen LogP) is 4.44. The van der Waals surface area contributed by atoms with Gasteiger partial charge in [0.25, 0.3) is 0 Å². The Labute approximate surface area is 116 Å². The third-order valence-electron chi connectivity index (χ3n) is 2.74. The Bertz CT molecular complexity index is 557. The van der Waals surface area contributed by atoms with Crippen LogP contribution in [0.1, 0.15) is 17.2 Å². The van der Waals surface area contributed by atoms with Crippen molar-refractivity contribution < 1.29 is 4.39 Å². The van der Waals surface area contributed by atoms with Gasteiger partial charge in [-0.15, -0.1) is 0 Å². The van der Waals surface area contributed by atoms with Gasteiger partial charge in [-0.05, 0) is 36.9 Å². The fourth-order valence-corrected chi connectivity index (χ4v) is 2.28. The van der Waals surface area contributed by atoms with Crippen LogP contribution in [-0.2, 0) is 0 Å². The molecule has 2 aromatic carbocycles. The molecule has 0 saturated heterocycles. The van der Waals surface area contributed by atoms with E-state index >= 15 is 0 Å². The highest BCUT2D eigenvalue weighted by Crippen LogP contribution is 2.27. The summed E-state index contributed by atoms with van der Waals surface area (Å²) in [6.07, 6.45) is 0. The molecule has 1 nitrogen and oxygen atoms in total. The number of nitrogens with one attached hydrogen (secondary N) is 1. The molecule has 2 aromatic rings. The molecule has 0 aliphatic carbocycles. The van der Waals surface area contributed by atoms with Crippen LogP contribution in [0.15, 0.2) is 42.5 Å². The summed E-state index contributed by atoms with van der Waals surface area (Å²) in [5.74, 6) is -0.332. The molecule has 0 bridgehead atoms. The predicted molar refractivity (Wildman–Crippen MR) is 73.8 cm³/mol. The Morgan fingerprint density at radius 2 is 1.78 bits per heavy atom. The second kappa shape index (κ2) is 5.70. The molecule has 4 heteroatoms. The van der Waals surface area contributed by atoms with E-state index in [0.29, 0.717) is 15.6 Å². The molecule has 2 rings (SSSR count). The molecule has 94 valence electrons. The Kier molecular flexibility index (Phi) is 4.23. The molecule has 0 amide bonds. The van der Waals surface area contributed by atoms with Crippen molar-refractivity contribution in [3.8, 4) is 0 Å². The second-order valence-electron chi connectivity index (χ2n) is 3.94. The molecule has 0 fully saturated rings. The SMILES string of the molecule is CNC(c1cccc(Cl)c1)c1ccc(Cl)cc1F. The van der Waals surface area contributed by atoms with E-state index in [-0.39, 0.29) is 11.9 Å². The highest BCUT2D eigenvalue weighted by molar-refractivity contribution is 6.30. The van der Waals surface area contributed by atoms with Gasteiger partial charge in [-0.1, -0.05) is 41.4 Å². The first-order valence-corrected chi connectivity index (χ1v) is 6.25. The third-order valence-corrected chi connectivity index (χ3v) is 3.21. The van der Waals surface area contributed by atoms with E-state index in [2.05, 4.69) is 5.32 Å². The zero-order valence-corrected chi connectivity index (χ0v) is 11.3. The topological polar surface area (TPSA) is 12.0 Å². The maximum atomic E-state index is 13.9. The smallest absolute Gasteiger partial charge is 0.129 e. The van der Waals surface area contributed by atoms with Gasteiger partial charge in [0.05, 0.1) is 6.04 Å². The summed E-state index contributed by atoms with van der Waals surface area (Å²) in [6.45, 7) is 0. The van der Waals surface area contributed by atoms with E-state index in [0.717, 1.165) is 5.56 Å². The monoisotopic (exact) mass is 283 g/mol. The Morgan fingerprint density at radius 3 is 2.39 bits per heavy atom. The minimum Gasteiger partial charge on any atom is -0.309 e. The van der Waals surface area contributed by atoms with Gasteiger partial charge in [-0.25, -0.2) is 4.39 Å². The standard InChI is InChI=1S/C14H12Cl2FN/c1-18-14(9-3-2-4-10(15)7-9)12-6-5-11(16)8-13(12)17/h2-8,14,18H,1H3. The van der Waals surface area contributed by atoms with Crippen LogP contribution in [0, 0.1) is 5.82 Å². The first-order chi connectivity index (χ1) is 8.61. The molecule has 0 saturated carbocycles. The first-order valence-electron chi connectivity index (χ1n) is 5.49.